The molecule has 0 aromatic rings. The molecule has 1 unspecified atom stereocenters. The molecule has 6 heteroatoms. The standard InChI is InChI=1S/C2H2Cl4OP/c3-2(4,5)1-8(6)7/h1H2/q+1. The van der Waals surface area contributed by atoms with Crippen molar-refractivity contribution in [2.75, 3.05) is 6.16 Å². The molecule has 0 bridgehead atoms. The van der Waals surface area contributed by atoms with Crippen LogP contribution in [0.3, 0.4) is 0 Å². The zero-order valence-electron chi connectivity index (χ0n) is 3.57. The van der Waals surface area contributed by atoms with E-state index in [4.69, 9.17) is 46.0 Å². The van der Waals surface area contributed by atoms with Crippen molar-refractivity contribution in [3.63, 3.8) is 0 Å². The van der Waals surface area contributed by atoms with Gasteiger partial charge in [-0.3, -0.25) is 0 Å². The molecule has 8 heavy (non-hydrogen) atoms. The fourth-order valence-electron chi connectivity index (χ4n) is 0.141. The number of alkyl halides is 3. The third-order valence-electron chi connectivity index (χ3n) is 0.304. The van der Waals surface area contributed by atoms with Crippen LogP contribution in [0.4, 0.5) is 0 Å². The molecule has 0 saturated carbocycles. The first-order valence-electron chi connectivity index (χ1n) is 1.59. The zero-order valence-corrected chi connectivity index (χ0v) is 7.49. The molecule has 0 N–H and O–H groups in total. The molecule has 0 aliphatic rings. The highest BCUT2D eigenvalue weighted by atomic mass is 35.7. The molecule has 0 aliphatic carbocycles. The molecule has 0 aromatic carbocycles. The summed E-state index contributed by atoms with van der Waals surface area (Å²) in [6.07, 6.45) is -0.103. The summed E-state index contributed by atoms with van der Waals surface area (Å²) in [6.45, 7) is 0. The second kappa shape index (κ2) is 3.43. The summed E-state index contributed by atoms with van der Waals surface area (Å²) in [7, 11) is -1.86. The van der Waals surface area contributed by atoms with E-state index >= 15 is 0 Å². The van der Waals surface area contributed by atoms with E-state index in [1.807, 2.05) is 0 Å². The van der Waals surface area contributed by atoms with E-state index in [0.29, 0.717) is 0 Å². The van der Waals surface area contributed by atoms with Crippen LogP contribution in [0.2, 0.25) is 0 Å². The van der Waals surface area contributed by atoms with Crippen LogP contribution in [-0.2, 0) is 4.57 Å². The van der Waals surface area contributed by atoms with E-state index in [1.54, 1.807) is 0 Å². The van der Waals surface area contributed by atoms with Crippen LogP contribution in [0.15, 0.2) is 0 Å². The fraction of sp³-hybridized carbons (Fsp3) is 1.00. The molecule has 1 atom stereocenters. The molecule has 0 spiro atoms. The van der Waals surface area contributed by atoms with Gasteiger partial charge in [0, 0.05) is 0 Å². The predicted octanol–water partition coefficient (Wildman–Crippen LogP) is 3.34. The molecule has 0 aliphatic heterocycles. The van der Waals surface area contributed by atoms with Gasteiger partial charge in [0.15, 0.2) is 0 Å². The molecule has 0 aromatic heterocycles. The van der Waals surface area contributed by atoms with Gasteiger partial charge in [-0.15, -0.1) is 0 Å². The molecule has 0 radical (unpaired) electrons. The van der Waals surface area contributed by atoms with Crippen molar-refractivity contribution >= 4 is 53.2 Å². The van der Waals surface area contributed by atoms with Gasteiger partial charge in [0.2, 0.25) is 21.2 Å². The topological polar surface area (TPSA) is 17.1 Å². The number of halogens is 4. The Labute approximate surface area is 67.8 Å². The van der Waals surface area contributed by atoms with Gasteiger partial charge in [0.1, 0.15) is 0 Å². The molecule has 1 nitrogen and oxygen atoms in total. The van der Waals surface area contributed by atoms with E-state index in [-0.39, 0.29) is 6.16 Å². The van der Waals surface area contributed by atoms with E-state index in [1.165, 1.54) is 0 Å². The maximum atomic E-state index is 10.1. The summed E-state index contributed by atoms with van der Waals surface area (Å²) in [5.74, 6) is 0. The van der Waals surface area contributed by atoms with Crippen molar-refractivity contribution in [2.45, 2.75) is 3.79 Å². The first-order chi connectivity index (χ1) is 3.42. The molecule has 48 valence electrons. The van der Waals surface area contributed by atoms with Crippen molar-refractivity contribution in [1.29, 1.82) is 0 Å². The summed E-state index contributed by atoms with van der Waals surface area (Å²) in [4.78, 5) is 0. The van der Waals surface area contributed by atoms with Gasteiger partial charge in [0.25, 0.3) is 0 Å². The lowest BCUT2D eigenvalue weighted by molar-refractivity contribution is 0.595. The minimum absolute atomic E-state index is 0.103. The Morgan fingerprint density at radius 1 is 1.38 bits per heavy atom. The van der Waals surface area contributed by atoms with Crippen LogP contribution in [0, 0.1) is 0 Å². The second-order valence-electron chi connectivity index (χ2n) is 1.09. The average molecular weight is 215 g/mol. The maximum absolute atomic E-state index is 10.1. The maximum Gasteiger partial charge on any atom is 0.459 e. The molecule has 0 fully saturated rings. The van der Waals surface area contributed by atoms with Gasteiger partial charge >= 0.3 is 7.15 Å². The van der Waals surface area contributed by atoms with Crippen LogP contribution >= 0.6 is 53.2 Å². The second-order valence-corrected chi connectivity index (χ2v) is 5.69. The Morgan fingerprint density at radius 3 is 1.75 bits per heavy atom. The Bertz CT molecular complexity index is 96.7. The normalized spacial score (nSPS) is 13.8. The largest absolute Gasteiger partial charge is 0.459 e. The lowest BCUT2D eigenvalue weighted by atomic mass is 10.9. The van der Waals surface area contributed by atoms with Crippen LogP contribution in [0.5, 0.6) is 0 Å². The molecular weight excluding hydrogens is 213 g/mol. The van der Waals surface area contributed by atoms with Gasteiger partial charge in [-0.1, -0.05) is 39.4 Å². The Kier molecular flexibility index (Phi) is 3.97. The van der Waals surface area contributed by atoms with Crippen LogP contribution < -0.4 is 0 Å². The minimum atomic E-state index is -1.86. The Morgan fingerprint density at radius 2 is 1.75 bits per heavy atom. The average Bonchev–Trinajstić information content (AvgIpc) is 1.21. The first kappa shape index (κ1) is 9.26. The van der Waals surface area contributed by atoms with Gasteiger partial charge in [-0.05, 0) is 0 Å². The van der Waals surface area contributed by atoms with Gasteiger partial charge in [-0.25, -0.2) is 0 Å². The van der Waals surface area contributed by atoms with Crippen molar-refractivity contribution in [1.82, 2.24) is 0 Å². The smallest absolute Gasteiger partial charge is 0.0788 e. The molecule has 0 saturated heterocycles. The summed E-state index contributed by atoms with van der Waals surface area (Å²) >= 11 is 20.6. The highest BCUT2D eigenvalue weighted by Crippen LogP contribution is 2.39. The third kappa shape index (κ3) is 7.26. The van der Waals surface area contributed by atoms with E-state index < -0.39 is 10.9 Å². The number of rotatable bonds is 1. The zero-order chi connectivity index (χ0) is 6.78. The summed E-state index contributed by atoms with van der Waals surface area (Å²) < 4.78 is 8.64. The highest BCUT2D eigenvalue weighted by Gasteiger charge is 2.31. The number of hydrogen-bond donors (Lipinski definition) is 0. The van der Waals surface area contributed by atoms with E-state index in [0.717, 1.165) is 0 Å². The predicted molar refractivity (Wildman–Crippen MR) is 38.6 cm³/mol. The van der Waals surface area contributed by atoms with E-state index in [9.17, 15) is 4.57 Å². The SMILES string of the molecule is O=[P+](Cl)CC(Cl)(Cl)Cl. The van der Waals surface area contributed by atoms with Gasteiger partial charge in [0.05, 0.1) is 0 Å². The highest BCUT2D eigenvalue weighted by molar-refractivity contribution is 7.74. The summed E-state index contributed by atoms with van der Waals surface area (Å²) in [5, 5.41) is 0. The van der Waals surface area contributed by atoms with Crippen molar-refractivity contribution < 1.29 is 4.57 Å². The Balaban J connectivity index is 3.55. The molecule has 0 heterocycles. The summed E-state index contributed by atoms with van der Waals surface area (Å²) in [5.41, 5.74) is 0. The quantitative estimate of drug-likeness (QED) is 0.484. The number of hydrogen-bond acceptors (Lipinski definition) is 1. The fourth-order valence-corrected chi connectivity index (χ4v) is 2.49. The van der Waals surface area contributed by atoms with Crippen molar-refractivity contribution in [3.8, 4) is 0 Å². The molecular formula is C2H2Cl4OP+. The monoisotopic (exact) mass is 213 g/mol. The lowest BCUT2D eigenvalue weighted by Gasteiger charge is -1.97. The Hall–Kier alpha value is 1.26. The molecule has 0 rings (SSSR count). The van der Waals surface area contributed by atoms with Crippen molar-refractivity contribution in [2.24, 2.45) is 0 Å². The van der Waals surface area contributed by atoms with Gasteiger partial charge in [-0.2, -0.15) is 0 Å². The van der Waals surface area contributed by atoms with Crippen LogP contribution in [0.1, 0.15) is 0 Å². The molecule has 0 amide bonds. The van der Waals surface area contributed by atoms with Crippen molar-refractivity contribution in [3.05, 3.63) is 0 Å². The third-order valence-corrected chi connectivity index (χ3v) is 2.35. The summed E-state index contributed by atoms with van der Waals surface area (Å²) in [6, 6.07) is 0. The van der Waals surface area contributed by atoms with Gasteiger partial charge < -0.3 is 0 Å². The van der Waals surface area contributed by atoms with Crippen LogP contribution in [-0.4, -0.2) is 9.95 Å². The van der Waals surface area contributed by atoms with Crippen LogP contribution in [0.25, 0.3) is 0 Å². The minimum Gasteiger partial charge on any atom is -0.0788 e. The lowest BCUT2D eigenvalue weighted by Crippen LogP contribution is -2.03. The van der Waals surface area contributed by atoms with E-state index in [2.05, 4.69) is 0 Å². The first-order valence-corrected chi connectivity index (χ1v) is 5.07.